The first kappa shape index (κ1) is 15.6. The largest absolute Gasteiger partial charge is 0.497 e. The molecule has 2 N–H and O–H groups in total. The Morgan fingerprint density at radius 3 is 2.76 bits per heavy atom. The van der Waals surface area contributed by atoms with Crippen LogP contribution in [0.2, 0.25) is 0 Å². The van der Waals surface area contributed by atoms with Gasteiger partial charge in [0.15, 0.2) is 0 Å². The van der Waals surface area contributed by atoms with Crippen molar-refractivity contribution in [3.63, 3.8) is 0 Å². The second-order valence-corrected chi connectivity index (χ2v) is 6.29. The summed E-state index contributed by atoms with van der Waals surface area (Å²) in [6.45, 7) is 7.14. The van der Waals surface area contributed by atoms with Crippen LogP contribution in [-0.4, -0.2) is 37.9 Å². The number of alkyl carbamates (subject to hydrolysis) is 1. The number of rotatable bonds is 3. The van der Waals surface area contributed by atoms with E-state index >= 15 is 0 Å². The molecule has 1 aliphatic rings. The molecule has 116 valence electrons. The van der Waals surface area contributed by atoms with Crippen molar-refractivity contribution in [2.24, 2.45) is 0 Å². The van der Waals surface area contributed by atoms with Gasteiger partial charge in [0.2, 0.25) is 0 Å². The molecule has 1 aromatic rings. The highest BCUT2D eigenvalue weighted by Gasteiger charge is 2.31. The smallest absolute Gasteiger partial charge is 0.407 e. The van der Waals surface area contributed by atoms with Gasteiger partial charge < -0.3 is 20.1 Å². The lowest BCUT2D eigenvalue weighted by Crippen LogP contribution is -2.42. The summed E-state index contributed by atoms with van der Waals surface area (Å²) >= 11 is 0. The van der Waals surface area contributed by atoms with Crippen molar-refractivity contribution in [1.29, 1.82) is 0 Å². The fourth-order valence-corrected chi connectivity index (χ4v) is 2.51. The Bertz CT molecular complexity index is 497. The van der Waals surface area contributed by atoms with Crippen molar-refractivity contribution < 1.29 is 14.3 Å². The molecule has 0 aromatic heterocycles. The third kappa shape index (κ3) is 4.36. The van der Waals surface area contributed by atoms with Gasteiger partial charge in [0.1, 0.15) is 11.4 Å². The number of hydrogen-bond donors (Lipinski definition) is 2. The van der Waals surface area contributed by atoms with E-state index in [0.717, 1.165) is 24.4 Å². The standard InChI is InChI=1S/C16H24N2O3/c1-16(2,3)21-15(19)18-14-10-17-9-13(14)11-6-5-7-12(8-11)20-4/h5-8,13-14,17H,9-10H2,1-4H3,(H,18,19)/t13-,14+/m0/s1. The lowest BCUT2D eigenvalue weighted by molar-refractivity contribution is 0.0504. The minimum atomic E-state index is -0.485. The van der Waals surface area contributed by atoms with E-state index in [-0.39, 0.29) is 18.1 Å². The molecule has 0 radical (unpaired) electrons. The van der Waals surface area contributed by atoms with E-state index in [4.69, 9.17) is 9.47 Å². The normalized spacial score (nSPS) is 21.9. The number of carbonyl (C=O) groups excluding carboxylic acids is 1. The predicted molar refractivity (Wildman–Crippen MR) is 81.8 cm³/mol. The topological polar surface area (TPSA) is 59.6 Å². The Balaban J connectivity index is 2.04. The molecule has 1 saturated heterocycles. The average molecular weight is 292 g/mol. The van der Waals surface area contributed by atoms with Crippen LogP contribution in [0.4, 0.5) is 4.79 Å². The molecular formula is C16H24N2O3. The molecule has 0 spiro atoms. The van der Waals surface area contributed by atoms with Crippen molar-refractivity contribution in [1.82, 2.24) is 10.6 Å². The van der Waals surface area contributed by atoms with E-state index in [2.05, 4.69) is 16.7 Å². The Kier molecular flexibility index (Phi) is 4.73. The molecule has 1 aliphatic heterocycles. The second-order valence-electron chi connectivity index (χ2n) is 6.29. The maximum atomic E-state index is 11.9. The van der Waals surface area contributed by atoms with Gasteiger partial charge in [0, 0.05) is 19.0 Å². The van der Waals surface area contributed by atoms with E-state index in [1.165, 1.54) is 0 Å². The van der Waals surface area contributed by atoms with Crippen LogP contribution in [0, 0.1) is 0 Å². The van der Waals surface area contributed by atoms with Crippen molar-refractivity contribution in [3.05, 3.63) is 29.8 Å². The van der Waals surface area contributed by atoms with Gasteiger partial charge in [-0.25, -0.2) is 4.79 Å². The molecule has 5 heteroatoms. The quantitative estimate of drug-likeness (QED) is 0.897. The molecule has 1 fully saturated rings. The molecule has 0 bridgehead atoms. The molecule has 21 heavy (non-hydrogen) atoms. The van der Waals surface area contributed by atoms with E-state index in [0.29, 0.717) is 0 Å². The fraction of sp³-hybridized carbons (Fsp3) is 0.562. The average Bonchev–Trinajstić information content (AvgIpc) is 2.84. The number of methoxy groups -OCH3 is 1. The first-order valence-corrected chi connectivity index (χ1v) is 7.23. The van der Waals surface area contributed by atoms with E-state index in [9.17, 15) is 4.79 Å². The first-order valence-electron chi connectivity index (χ1n) is 7.23. The van der Waals surface area contributed by atoms with Crippen LogP contribution in [0.1, 0.15) is 32.3 Å². The van der Waals surface area contributed by atoms with Crippen molar-refractivity contribution in [3.8, 4) is 5.75 Å². The molecule has 0 saturated carbocycles. The van der Waals surface area contributed by atoms with Crippen molar-refractivity contribution in [2.75, 3.05) is 20.2 Å². The Labute approximate surface area is 126 Å². The van der Waals surface area contributed by atoms with Crippen LogP contribution in [-0.2, 0) is 4.74 Å². The van der Waals surface area contributed by atoms with Gasteiger partial charge in [-0.05, 0) is 38.5 Å². The lowest BCUT2D eigenvalue weighted by Gasteiger charge is -2.24. The van der Waals surface area contributed by atoms with E-state index in [1.807, 2.05) is 39.0 Å². The van der Waals surface area contributed by atoms with E-state index in [1.54, 1.807) is 7.11 Å². The number of nitrogens with one attached hydrogen (secondary N) is 2. The third-order valence-electron chi connectivity index (χ3n) is 3.44. The summed E-state index contributed by atoms with van der Waals surface area (Å²) < 4.78 is 10.6. The molecule has 0 unspecified atom stereocenters. The van der Waals surface area contributed by atoms with Crippen LogP contribution in [0.5, 0.6) is 5.75 Å². The van der Waals surface area contributed by atoms with Gasteiger partial charge in [-0.2, -0.15) is 0 Å². The molecule has 1 heterocycles. The molecule has 1 aromatic carbocycles. The van der Waals surface area contributed by atoms with Gasteiger partial charge in [-0.15, -0.1) is 0 Å². The summed E-state index contributed by atoms with van der Waals surface area (Å²) in [4.78, 5) is 11.9. The number of amides is 1. The predicted octanol–water partition coefficient (Wildman–Crippen LogP) is 2.28. The zero-order valence-corrected chi connectivity index (χ0v) is 13.1. The summed E-state index contributed by atoms with van der Waals surface area (Å²) in [5, 5.41) is 6.27. The lowest BCUT2D eigenvalue weighted by atomic mass is 9.94. The summed E-state index contributed by atoms with van der Waals surface area (Å²) in [5.41, 5.74) is 0.669. The van der Waals surface area contributed by atoms with Crippen LogP contribution in [0.3, 0.4) is 0 Å². The highest BCUT2D eigenvalue weighted by molar-refractivity contribution is 5.68. The van der Waals surface area contributed by atoms with Crippen LogP contribution in [0.25, 0.3) is 0 Å². The van der Waals surface area contributed by atoms with Gasteiger partial charge >= 0.3 is 6.09 Å². The minimum absolute atomic E-state index is 0.0203. The fourth-order valence-electron chi connectivity index (χ4n) is 2.51. The minimum Gasteiger partial charge on any atom is -0.497 e. The Hall–Kier alpha value is -1.75. The summed E-state index contributed by atoms with van der Waals surface area (Å²) in [7, 11) is 1.66. The highest BCUT2D eigenvalue weighted by Crippen LogP contribution is 2.26. The number of carbonyl (C=O) groups is 1. The van der Waals surface area contributed by atoms with Crippen LogP contribution >= 0.6 is 0 Å². The molecule has 2 rings (SSSR count). The number of hydrogen-bond acceptors (Lipinski definition) is 4. The Morgan fingerprint density at radius 1 is 1.33 bits per heavy atom. The van der Waals surface area contributed by atoms with Gasteiger partial charge in [-0.1, -0.05) is 12.1 Å². The maximum Gasteiger partial charge on any atom is 0.407 e. The molecule has 5 nitrogen and oxygen atoms in total. The maximum absolute atomic E-state index is 11.9. The zero-order valence-electron chi connectivity index (χ0n) is 13.1. The first-order chi connectivity index (χ1) is 9.89. The van der Waals surface area contributed by atoms with Crippen molar-refractivity contribution >= 4 is 6.09 Å². The van der Waals surface area contributed by atoms with E-state index < -0.39 is 5.60 Å². The summed E-state index contributed by atoms with van der Waals surface area (Å²) in [6, 6.07) is 7.98. The second kappa shape index (κ2) is 6.35. The van der Waals surface area contributed by atoms with Crippen LogP contribution in [0.15, 0.2) is 24.3 Å². The van der Waals surface area contributed by atoms with Gasteiger partial charge in [0.05, 0.1) is 13.2 Å². The third-order valence-corrected chi connectivity index (χ3v) is 3.44. The molecular weight excluding hydrogens is 268 g/mol. The summed E-state index contributed by atoms with van der Waals surface area (Å²) in [5.74, 6) is 1.04. The van der Waals surface area contributed by atoms with Gasteiger partial charge in [-0.3, -0.25) is 0 Å². The Morgan fingerprint density at radius 2 is 2.10 bits per heavy atom. The molecule has 0 aliphatic carbocycles. The number of benzene rings is 1. The van der Waals surface area contributed by atoms with Crippen LogP contribution < -0.4 is 15.4 Å². The molecule has 1 amide bonds. The van der Waals surface area contributed by atoms with Crippen molar-refractivity contribution in [2.45, 2.75) is 38.3 Å². The molecule has 2 atom stereocenters. The van der Waals surface area contributed by atoms with Gasteiger partial charge in [0.25, 0.3) is 0 Å². The monoisotopic (exact) mass is 292 g/mol. The summed E-state index contributed by atoms with van der Waals surface area (Å²) in [6.07, 6.45) is -0.371. The number of ether oxygens (including phenoxy) is 2. The SMILES string of the molecule is COc1cccc([C@@H]2CNC[C@H]2NC(=O)OC(C)(C)C)c1. The zero-order chi connectivity index (χ0) is 15.5. The highest BCUT2D eigenvalue weighted by atomic mass is 16.6.